The molecule has 5 rings (SSSR count). The molecule has 0 radical (unpaired) electrons. The third-order valence-corrected chi connectivity index (χ3v) is 6.73. The Hall–Kier alpha value is -2.96. The van der Waals surface area contributed by atoms with E-state index in [9.17, 15) is 14.0 Å². The van der Waals surface area contributed by atoms with Crippen LogP contribution in [0.15, 0.2) is 47.4 Å². The van der Waals surface area contributed by atoms with Crippen molar-refractivity contribution in [3.05, 3.63) is 64.5 Å². The summed E-state index contributed by atoms with van der Waals surface area (Å²) in [5.74, 6) is 0.0652. The van der Waals surface area contributed by atoms with Crippen molar-refractivity contribution in [2.24, 2.45) is 5.92 Å². The van der Waals surface area contributed by atoms with Crippen LogP contribution < -0.4 is 5.69 Å². The number of amides is 1. The fraction of sp³-hybridized carbons (Fsp3) is 0.458. The molecule has 7 heteroatoms. The average Bonchev–Trinajstić information content (AvgIpc) is 3.41. The molecule has 0 bridgehead atoms. The summed E-state index contributed by atoms with van der Waals surface area (Å²) in [7, 11) is 0. The highest BCUT2D eigenvalue weighted by Gasteiger charge is 2.32. The number of hydrogen-bond acceptors (Lipinski definition) is 3. The minimum absolute atomic E-state index is 0.0993. The van der Waals surface area contributed by atoms with Crippen molar-refractivity contribution in [2.45, 2.75) is 51.1 Å². The minimum Gasteiger partial charge on any atom is -0.340 e. The first kappa shape index (κ1) is 20.0. The second kappa shape index (κ2) is 8.29. The Balaban J connectivity index is 1.49. The topological polar surface area (TPSA) is 60.1 Å². The molecule has 0 N–H and O–H groups in total. The van der Waals surface area contributed by atoms with Gasteiger partial charge in [-0.3, -0.25) is 13.9 Å². The first-order valence-electron chi connectivity index (χ1n) is 11.2. The Kier molecular flexibility index (Phi) is 5.34. The predicted octanol–water partition coefficient (Wildman–Crippen LogP) is 3.74. The van der Waals surface area contributed by atoms with Crippen LogP contribution in [0.3, 0.4) is 0 Å². The van der Waals surface area contributed by atoms with E-state index in [-0.39, 0.29) is 35.9 Å². The maximum absolute atomic E-state index is 13.7. The molecule has 1 unspecified atom stereocenters. The van der Waals surface area contributed by atoms with Crippen molar-refractivity contribution in [3.8, 4) is 0 Å². The molecular weight excluding hydrogens is 395 g/mol. The average molecular weight is 423 g/mol. The lowest BCUT2D eigenvalue weighted by Gasteiger charge is -2.34. The van der Waals surface area contributed by atoms with Crippen molar-refractivity contribution in [1.29, 1.82) is 0 Å². The van der Waals surface area contributed by atoms with E-state index in [0.29, 0.717) is 12.2 Å². The zero-order valence-corrected chi connectivity index (χ0v) is 17.5. The van der Waals surface area contributed by atoms with E-state index in [0.717, 1.165) is 56.1 Å². The molecule has 2 aliphatic rings. The highest BCUT2D eigenvalue weighted by atomic mass is 19.1. The minimum atomic E-state index is -0.319. The molecular formula is C24H27FN4O2. The Morgan fingerprint density at radius 2 is 1.94 bits per heavy atom. The van der Waals surface area contributed by atoms with Crippen molar-refractivity contribution in [3.63, 3.8) is 0 Å². The molecule has 0 spiro atoms. The number of fused-ring (bicyclic) bond motifs is 1. The Morgan fingerprint density at radius 3 is 2.74 bits per heavy atom. The summed E-state index contributed by atoms with van der Waals surface area (Å²) in [6, 6.07) is 9.91. The van der Waals surface area contributed by atoms with Crippen LogP contribution in [0, 0.1) is 11.7 Å². The van der Waals surface area contributed by atoms with E-state index >= 15 is 0 Å². The van der Waals surface area contributed by atoms with Crippen LogP contribution in [0.1, 0.15) is 50.1 Å². The number of carbonyl (C=O) groups is 1. The molecule has 162 valence electrons. The zero-order chi connectivity index (χ0) is 21.4. The lowest BCUT2D eigenvalue weighted by molar-refractivity contribution is -0.137. The Morgan fingerprint density at radius 1 is 1.10 bits per heavy atom. The highest BCUT2D eigenvalue weighted by molar-refractivity contribution is 5.79. The fourth-order valence-electron chi connectivity index (χ4n) is 5.20. The van der Waals surface area contributed by atoms with E-state index in [4.69, 9.17) is 0 Å². The summed E-state index contributed by atoms with van der Waals surface area (Å²) in [6.45, 7) is 1.59. The third kappa shape index (κ3) is 3.77. The van der Waals surface area contributed by atoms with Crippen LogP contribution in [0.4, 0.5) is 4.39 Å². The van der Waals surface area contributed by atoms with Crippen LogP contribution in [-0.4, -0.2) is 38.0 Å². The van der Waals surface area contributed by atoms with Gasteiger partial charge in [0.05, 0.1) is 18.1 Å². The van der Waals surface area contributed by atoms with Gasteiger partial charge >= 0.3 is 5.69 Å². The first-order valence-corrected chi connectivity index (χ1v) is 11.2. The maximum Gasteiger partial charge on any atom is 0.330 e. The van der Waals surface area contributed by atoms with E-state index in [1.165, 1.54) is 12.1 Å². The number of piperidine rings is 1. The summed E-state index contributed by atoms with van der Waals surface area (Å²) in [5, 5.41) is 0. The summed E-state index contributed by atoms with van der Waals surface area (Å²) >= 11 is 0. The molecule has 2 aromatic heterocycles. The van der Waals surface area contributed by atoms with Gasteiger partial charge in [0.2, 0.25) is 5.91 Å². The van der Waals surface area contributed by atoms with E-state index in [1.54, 1.807) is 21.4 Å². The summed E-state index contributed by atoms with van der Waals surface area (Å²) < 4.78 is 17.1. The molecule has 1 aromatic carbocycles. The molecule has 31 heavy (non-hydrogen) atoms. The number of benzene rings is 1. The van der Waals surface area contributed by atoms with Gasteiger partial charge in [-0.2, -0.15) is 0 Å². The highest BCUT2D eigenvalue weighted by Crippen LogP contribution is 2.30. The molecule has 1 aliphatic heterocycles. The molecule has 2 fully saturated rings. The number of likely N-dealkylation sites (tertiary alicyclic amines) is 1. The standard InChI is InChI=1S/C24H27FN4O2/c25-19-9-3-6-17(14-19)15-28-21-11-4-12-26-22(21)29(24(28)31)20-10-5-13-27(16-20)23(30)18-7-1-2-8-18/h3-4,6,9,11-12,14,18,20H,1-2,5,7-8,10,13,15-16H2. The summed E-state index contributed by atoms with van der Waals surface area (Å²) in [5.41, 5.74) is 1.94. The molecule has 1 atom stereocenters. The van der Waals surface area contributed by atoms with Gasteiger partial charge in [0.1, 0.15) is 5.82 Å². The number of rotatable bonds is 4. The van der Waals surface area contributed by atoms with Crippen LogP contribution in [-0.2, 0) is 11.3 Å². The lowest BCUT2D eigenvalue weighted by atomic mass is 10.0. The van der Waals surface area contributed by atoms with Crippen molar-refractivity contribution in [2.75, 3.05) is 13.1 Å². The number of hydrogen-bond donors (Lipinski definition) is 0. The quantitative estimate of drug-likeness (QED) is 0.644. The fourth-order valence-corrected chi connectivity index (χ4v) is 5.20. The number of nitrogens with zero attached hydrogens (tertiary/aromatic N) is 4. The van der Waals surface area contributed by atoms with Crippen molar-refractivity contribution in [1.82, 2.24) is 19.0 Å². The molecule has 3 aromatic rings. The number of halogens is 1. The SMILES string of the molecule is O=C(C1CCCC1)N1CCCC(n2c(=O)n(Cc3cccc(F)c3)c3cccnc32)C1. The first-order chi connectivity index (χ1) is 15.1. The van der Waals surface area contributed by atoms with Gasteiger partial charge in [-0.1, -0.05) is 25.0 Å². The van der Waals surface area contributed by atoms with E-state index < -0.39 is 0 Å². The van der Waals surface area contributed by atoms with Crippen LogP contribution in [0.2, 0.25) is 0 Å². The van der Waals surface area contributed by atoms with Gasteiger partial charge in [0.25, 0.3) is 0 Å². The smallest absolute Gasteiger partial charge is 0.330 e. The van der Waals surface area contributed by atoms with Gasteiger partial charge in [-0.25, -0.2) is 14.2 Å². The van der Waals surface area contributed by atoms with Crippen LogP contribution in [0.25, 0.3) is 11.2 Å². The molecule has 1 saturated heterocycles. The molecule has 6 nitrogen and oxygen atoms in total. The lowest BCUT2D eigenvalue weighted by Crippen LogP contribution is -2.45. The summed E-state index contributed by atoms with van der Waals surface area (Å²) in [6.07, 6.45) is 7.62. The number of imidazole rings is 1. The van der Waals surface area contributed by atoms with Crippen LogP contribution >= 0.6 is 0 Å². The number of aromatic nitrogens is 3. The monoisotopic (exact) mass is 422 g/mol. The predicted molar refractivity (Wildman–Crippen MR) is 116 cm³/mol. The molecule has 1 amide bonds. The largest absolute Gasteiger partial charge is 0.340 e. The number of pyridine rings is 1. The normalized spacial score (nSPS) is 19.9. The van der Waals surface area contributed by atoms with Crippen molar-refractivity contribution < 1.29 is 9.18 Å². The van der Waals surface area contributed by atoms with Crippen molar-refractivity contribution >= 4 is 17.1 Å². The Bertz CT molecular complexity index is 1160. The molecule has 3 heterocycles. The van der Waals surface area contributed by atoms with Gasteiger partial charge in [-0.05, 0) is 55.5 Å². The Labute approximate surface area is 180 Å². The van der Waals surface area contributed by atoms with E-state index in [2.05, 4.69) is 4.98 Å². The van der Waals surface area contributed by atoms with Gasteiger partial charge < -0.3 is 4.90 Å². The summed E-state index contributed by atoms with van der Waals surface area (Å²) in [4.78, 5) is 32.9. The third-order valence-electron chi connectivity index (χ3n) is 6.73. The number of carbonyl (C=O) groups excluding carboxylic acids is 1. The second-order valence-electron chi connectivity index (χ2n) is 8.78. The second-order valence-corrected chi connectivity index (χ2v) is 8.78. The maximum atomic E-state index is 13.7. The van der Waals surface area contributed by atoms with Gasteiger partial charge in [-0.15, -0.1) is 0 Å². The van der Waals surface area contributed by atoms with E-state index in [1.807, 2.05) is 23.1 Å². The molecule has 1 saturated carbocycles. The molecule has 1 aliphatic carbocycles. The zero-order valence-electron chi connectivity index (χ0n) is 17.5. The van der Waals surface area contributed by atoms with Gasteiger partial charge in [0.15, 0.2) is 5.65 Å². The van der Waals surface area contributed by atoms with Crippen LogP contribution in [0.5, 0.6) is 0 Å². The van der Waals surface area contributed by atoms with Gasteiger partial charge in [0, 0.05) is 25.2 Å².